The van der Waals surface area contributed by atoms with E-state index < -0.39 is 6.10 Å². The number of hydrogen-bond donors (Lipinski definition) is 1. The van der Waals surface area contributed by atoms with E-state index >= 15 is 0 Å². The van der Waals surface area contributed by atoms with Gasteiger partial charge in [-0.1, -0.05) is 6.42 Å². The van der Waals surface area contributed by atoms with Crippen molar-refractivity contribution in [1.82, 2.24) is 0 Å². The summed E-state index contributed by atoms with van der Waals surface area (Å²) in [5.74, 6) is 2.59. The van der Waals surface area contributed by atoms with Gasteiger partial charge in [0.15, 0.2) is 0 Å². The van der Waals surface area contributed by atoms with E-state index in [-0.39, 0.29) is 5.25 Å². The summed E-state index contributed by atoms with van der Waals surface area (Å²) in [6.07, 6.45) is 3.07. The van der Waals surface area contributed by atoms with Crippen molar-refractivity contribution in [2.75, 3.05) is 20.0 Å². The molecule has 100 valence electrons. The van der Waals surface area contributed by atoms with E-state index in [2.05, 4.69) is 0 Å². The Balaban J connectivity index is 2.20. The highest BCUT2D eigenvalue weighted by Gasteiger charge is 2.26. The lowest BCUT2D eigenvalue weighted by atomic mass is 10.0. The Hall–Kier alpha value is -0.870. The summed E-state index contributed by atoms with van der Waals surface area (Å²) in [5.41, 5.74) is 0.859. The van der Waals surface area contributed by atoms with Gasteiger partial charge in [0.1, 0.15) is 11.5 Å². The number of rotatable bonds is 4. The molecule has 3 nitrogen and oxygen atoms in total. The maximum Gasteiger partial charge on any atom is 0.128 e. The molecule has 1 aromatic rings. The molecule has 1 aliphatic rings. The molecule has 1 heterocycles. The lowest BCUT2D eigenvalue weighted by Gasteiger charge is -2.27. The Morgan fingerprint density at radius 3 is 2.72 bits per heavy atom. The topological polar surface area (TPSA) is 38.7 Å². The van der Waals surface area contributed by atoms with E-state index in [4.69, 9.17) is 9.47 Å². The number of hydrogen-bond acceptors (Lipinski definition) is 4. The number of methoxy groups -OCH3 is 2. The third-order valence-corrected chi connectivity index (χ3v) is 4.77. The molecule has 0 saturated carbocycles. The SMILES string of the molecule is COc1ccc(C(O)C2CCCCS2)c(OC)c1. The number of aliphatic hydroxyl groups is 1. The van der Waals surface area contributed by atoms with Crippen LogP contribution in [0.5, 0.6) is 11.5 Å². The second kappa shape index (κ2) is 6.34. The van der Waals surface area contributed by atoms with E-state index in [1.54, 1.807) is 14.2 Å². The zero-order valence-electron chi connectivity index (χ0n) is 10.9. The first-order valence-corrected chi connectivity index (χ1v) is 7.32. The van der Waals surface area contributed by atoms with Crippen LogP contribution in [0.3, 0.4) is 0 Å². The highest BCUT2D eigenvalue weighted by molar-refractivity contribution is 7.99. The average molecular weight is 268 g/mol. The van der Waals surface area contributed by atoms with Gasteiger partial charge in [0.25, 0.3) is 0 Å². The molecule has 0 radical (unpaired) electrons. The molecule has 18 heavy (non-hydrogen) atoms. The maximum atomic E-state index is 10.5. The molecule has 1 fully saturated rings. The van der Waals surface area contributed by atoms with Crippen molar-refractivity contribution in [1.29, 1.82) is 0 Å². The first-order chi connectivity index (χ1) is 8.76. The summed E-state index contributed by atoms with van der Waals surface area (Å²) < 4.78 is 10.5. The molecule has 0 bridgehead atoms. The number of thioether (sulfide) groups is 1. The maximum absolute atomic E-state index is 10.5. The smallest absolute Gasteiger partial charge is 0.128 e. The zero-order valence-corrected chi connectivity index (χ0v) is 11.7. The van der Waals surface area contributed by atoms with Crippen molar-refractivity contribution in [2.24, 2.45) is 0 Å². The van der Waals surface area contributed by atoms with Gasteiger partial charge in [-0.05, 0) is 30.7 Å². The molecule has 0 aromatic heterocycles. The van der Waals surface area contributed by atoms with E-state index in [1.807, 2.05) is 30.0 Å². The van der Waals surface area contributed by atoms with Crippen LogP contribution in [-0.2, 0) is 0 Å². The molecular weight excluding hydrogens is 248 g/mol. The van der Waals surface area contributed by atoms with Crippen molar-refractivity contribution in [3.8, 4) is 11.5 Å². The largest absolute Gasteiger partial charge is 0.497 e. The van der Waals surface area contributed by atoms with Gasteiger partial charge in [0, 0.05) is 16.9 Å². The van der Waals surface area contributed by atoms with Crippen molar-refractivity contribution < 1.29 is 14.6 Å². The summed E-state index contributed by atoms with van der Waals surface area (Å²) >= 11 is 1.86. The molecule has 0 amide bonds. The van der Waals surface area contributed by atoms with Crippen LogP contribution < -0.4 is 9.47 Å². The summed E-state index contributed by atoms with van der Waals surface area (Å²) in [5, 5.41) is 10.8. The number of ether oxygens (including phenoxy) is 2. The highest BCUT2D eigenvalue weighted by atomic mass is 32.2. The summed E-state index contributed by atoms with van der Waals surface area (Å²) in [7, 11) is 3.25. The van der Waals surface area contributed by atoms with Gasteiger partial charge in [-0.3, -0.25) is 0 Å². The van der Waals surface area contributed by atoms with Gasteiger partial charge in [0.05, 0.1) is 20.3 Å². The Kier molecular flexibility index (Phi) is 4.78. The van der Waals surface area contributed by atoms with Gasteiger partial charge in [-0.25, -0.2) is 0 Å². The fraction of sp³-hybridized carbons (Fsp3) is 0.571. The molecule has 1 saturated heterocycles. The molecule has 2 unspecified atom stereocenters. The van der Waals surface area contributed by atoms with Crippen molar-refractivity contribution in [3.63, 3.8) is 0 Å². The monoisotopic (exact) mass is 268 g/mol. The van der Waals surface area contributed by atoms with E-state index in [0.29, 0.717) is 5.75 Å². The average Bonchev–Trinajstić information content (AvgIpc) is 2.46. The van der Waals surface area contributed by atoms with Crippen LogP contribution in [-0.4, -0.2) is 30.3 Å². The summed E-state index contributed by atoms with van der Waals surface area (Å²) in [4.78, 5) is 0. The van der Waals surface area contributed by atoms with Crippen LogP contribution in [0.15, 0.2) is 18.2 Å². The number of benzene rings is 1. The molecule has 1 aromatic carbocycles. The van der Waals surface area contributed by atoms with Crippen LogP contribution in [0.2, 0.25) is 0 Å². The third-order valence-electron chi connectivity index (χ3n) is 3.33. The standard InChI is InChI=1S/C14H20O3S/c1-16-10-6-7-11(12(9-10)17-2)14(15)13-5-3-4-8-18-13/h6-7,9,13-15H,3-5,8H2,1-2H3. The van der Waals surface area contributed by atoms with Crippen molar-refractivity contribution >= 4 is 11.8 Å². The van der Waals surface area contributed by atoms with Gasteiger partial charge < -0.3 is 14.6 Å². The minimum absolute atomic E-state index is 0.279. The van der Waals surface area contributed by atoms with E-state index in [9.17, 15) is 5.11 Å². The second-order valence-corrected chi connectivity index (χ2v) is 5.80. The minimum Gasteiger partial charge on any atom is -0.497 e. The van der Waals surface area contributed by atoms with E-state index in [1.165, 1.54) is 12.8 Å². The minimum atomic E-state index is -0.462. The Bertz CT molecular complexity index is 389. The molecule has 4 heteroatoms. The summed E-state index contributed by atoms with van der Waals surface area (Å²) in [6.45, 7) is 0. The molecule has 0 aliphatic carbocycles. The van der Waals surface area contributed by atoms with Gasteiger partial charge in [0.2, 0.25) is 0 Å². The molecule has 0 spiro atoms. The Morgan fingerprint density at radius 2 is 2.11 bits per heavy atom. The predicted octanol–water partition coefficient (Wildman–Crippen LogP) is 3.02. The third kappa shape index (κ3) is 2.93. The van der Waals surface area contributed by atoms with Crippen LogP contribution in [0.4, 0.5) is 0 Å². The lowest BCUT2D eigenvalue weighted by molar-refractivity contribution is 0.164. The quantitative estimate of drug-likeness (QED) is 0.911. The molecule has 1 aliphatic heterocycles. The van der Waals surface area contributed by atoms with Gasteiger partial charge in [-0.2, -0.15) is 11.8 Å². The van der Waals surface area contributed by atoms with Gasteiger partial charge in [-0.15, -0.1) is 0 Å². The fourth-order valence-electron chi connectivity index (χ4n) is 2.28. The summed E-state index contributed by atoms with van der Waals surface area (Å²) in [6, 6.07) is 5.60. The van der Waals surface area contributed by atoms with Crippen LogP contribution in [0.1, 0.15) is 30.9 Å². The van der Waals surface area contributed by atoms with Crippen molar-refractivity contribution in [3.05, 3.63) is 23.8 Å². The van der Waals surface area contributed by atoms with Crippen LogP contribution >= 0.6 is 11.8 Å². The van der Waals surface area contributed by atoms with Crippen molar-refractivity contribution in [2.45, 2.75) is 30.6 Å². The molecule has 2 rings (SSSR count). The van der Waals surface area contributed by atoms with Gasteiger partial charge >= 0.3 is 0 Å². The van der Waals surface area contributed by atoms with Crippen LogP contribution in [0, 0.1) is 0 Å². The molecular formula is C14H20O3S. The normalized spacial score (nSPS) is 21.4. The number of aliphatic hydroxyl groups excluding tert-OH is 1. The lowest BCUT2D eigenvalue weighted by Crippen LogP contribution is -2.19. The first kappa shape index (κ1) is 13.6. The Labute approximate surface area is 112 Å². The highest BCUT2D eigenvalue weighted by Crippen LogP contribution is 2.38. The second-order valence-electron chi connectivity index (χ2n) is 4.46. The zero-order chi connectivity index (χ0) is 13.0. The van der Waals surface area contributed by atoms with Crippen LogP contribution in [0.25, 0.3) is 0 Å². The predicted molar refractivity (Wildman–Crippen MR) is 74.6 cm³/mol. The molecule has 2 atom stereocenters. The first-order valence-electron chi connectivity index (χ1n) is 6.28. The fourth-order valence-corrected chi connectivity index (χ4v) is 3.61. The van der Waals surface area contributed by atoms with E-state index in [0.717, 1.165) is 23.5 Å². The molecule has 1 N–H and O–H groups in total. The Morgan fingerprint density at radius 1 is 1.28 bits per heavy atom.